The largest absolute Gasteiger partial charge is 0.481 e. The van der Waals surface area contributed by atoms with Crippen LogP contribution in [0.4, 0.5) is 13.2 Å². The van der Waals surface area contributed by atoms with Gasteiger partial charge in [-0.3, -0.25) is 4.79 Å². The fourth-order valence-corrected chi connectivity index (χ4v) is 2.03. The van der Waals surface area contributed by atoms with Gasteiger partial charge in [-0.2, -0.15) is 13.2 Å². The van der Waals surface area contributed by atoms with Gasteiger partial charge in [0.05, 0.1) is 12.0 Å². The van der Waals surface area contributed by atoms with Crippen molar-refractivity contribution in [2.45, 2.75) is 44.3 Å². The number of alkyl halides is 3. The average Bonchev–Trinajstić information content (AvgIpc) is 2.25. The van der Waals surface area contributed by atoms with Gasteiger partial charge in [-0.25, -0.2) is 0 Å². The summed E-state index contributed by atoms with van der Waals surface area (Å²) in [7, 11) is 0. The third-order valence-corrected chi connectivity index (χ3v) is 3.78. The van der Waals surface area contributed by atoms with Crippen LogP contribution in [-0.2, 0) is 16.4 Å². The molecule has 0 aliphatic carbocycles. The second-order valence-corrected chi connectivity index (χ2v) is 5.70. The summed E-state index contributed by atoms with van der Waals surface area (Å²) in [5.41, 5.74) is 3.87. The summed E-state index contributed by atoms with van der Waals surface area (Å²) in [6.45, 7) is 4.96. The summed E-state index contributed by atoms with van der Waals surface area (Å²) in [6.07, 6.45) is -4.68. The Bertz CT molecular complexity index is 489. The highest BCUT2D eigenvalue weighted by atomic mass is 19.4. The molecule has 1 aromatic rings. The summed E-state index contributed by atoms with van der Waals surface area (Å²) >= 11 is 0. The highest BCUT2D eigenvalue weighted by Gasteiger charge is 2.42. The van der Waals surface area contributed by atoms with Crippen molar-refractivity contribution < 1.29 is 23.1 Å². The van der Waals surface area contributed by atoms with Crippen molar-refractivity contribution in [3.05, 3.63) is 35.4 Å². The second-order valence-electron chi connectivity index (χ2n) is 5.70. The number of halogens is 3. The van der Waals surface area contributed by atoms with Crippen LogP contribution in [0, 0.1) is 0 Å². The predicted octanol–water partition coefficient (Wildman–Crippen LogP) is 3.18. The molecule has 1 aromatic carbocycles. The highest BCUT2D eigenvalue weighted by Crippen LogP contribution is 2.38. The van der Waals surface area contributed by atoms with Crippen molar-refractivity contribution >= 4 is 5.97 Å². The van der Waals surface area contributed by atoms with E-state index in [-0.39, 0.29) is 6.42 Å². The van der Waals surface area contributed by atoms with Crippen LogP contribution in [0.5, 0.6) is 0 Å². The zero-order chi connectivity index (χ0) is 15.8. The first kappa shape index (κ1) is 16.5. The Hall–Kier alpha value is -1.56. The lowest BCUT2D eigenvalue weighted by molar-refractivity contribution is -0.139. The monoisotopic (exact) mass is 289 g/mol. The van der Waals surface area contributed by atoms with E-state index in [4.69, 9.17) is 10.8 Å². The molecule has 0 aromatic heterocycles. The van der Waals surface area contributed by atoms with Gasteiger partial charge in [0.25, 0.3) is 0 Å². The van der Waals surface area contributed by atoms with Gasteiger partial charge in [-0.1, -0.05) is 19.1 Å². The summed E-state index contributed by atoms with van der Waals surface area (Å²) in [4.78, 5) is 11.0. The van der Waals surface area contributed by atoms with Crippen molar-refractivity contribution in [3.8, 4) is 0 Å². The maximum absolute atomic E-state index is 12.5. The smallest absolute Gasteiger partial charge is 0.416 e. The van der Waals surface area contributed by atoms with Crippen molar-refractivity contribution in [1.29, 1.82) is 0 Å². The van der Waals surface area contributed by atoms with E-state index in [0.29, 0.717) is 5.56 Å². The lowest BCUT2D eigenvalue weighted by Crippen LogP contribution is -2.53. The molecule has 1 unspecified atom stereocenters. The molecule has 1 atom stereocenters. The van der Waals surface area contributed by atoms with Gasteiger partial charge < -0.3 is 10.8 Å². The van der Waals surface area contributed by atoms with Crippen LogP contribution in [0.3, 0.4) is 0 Å². The molecule has 1 rings (SSSR count). The van der Waals surface area contributed by atoms with Gasteiger partial charge in [0.15, 0.2) is 0 Å². The maximum Gasteiger partial charge on any atom is 0.416 e. The van der Waals surface area contributed by atoms with E-state index >= 15 is 0 Å². The molecule has 6 heteroatoms. The molecule has 0 aliphatic rings. The van der Waals surface area contributed by atoms with Crippen LogP contribution in [0.1, 0.15) is 38.3 Å². The van der Waals surface area contributed by atoms with Crippen LogP contribution in [0.25, 0.3) is 0 Å². The number of carboxylic acid groups (broad SMARTS) is 1. The molecule has 3 nitrogen and oxygen atoms in total. The number of aliphatic carboxylic acids is 1. The van der Waals surface area contributed by atoms with E-state index in [2.05, 4.69) is 0 Å². The molecule has 0 heterocycles. The molecule has 0 saturated heterocycles. The first-order chi connectivity index (χ1) is 8.88. The van der Waals surface area contributed by atoms with Crippen LogP contribution in [0.15, 0.2) is 24.3 Å². The van der Waals surface area contributed by atoms with Crippen molar-refractivity contribution in [2.75, 3.05) is 0 Å². The van der Waals surface area contributed by atoms with E-state index < -0.39 is 28.7 Å². The first-order valence-electron chi connectivity index (χ1n) is 6.06. The first-order valence-corrected chi connectivity index (χ1v) is 6.06. The minimum atomic E-state index is -4.42. The second kappa shape index (κ2) is 5.09. The number of hydrogen-bond donors (Lipinski definition) is 2. The van der Waals surface area contributed by atoms with Crippen molar-refractivity contribution in [3.63, 3.8) is 0 Å². The van der Waals surface area contributed by atoms with E-state index in [9.17, 15) is 18.0 Å². The minimum absolute atomic E-state index is 0.262. The number of carbonyl (C=O) groups is 1. The average molecular weight is 289 g/mol. The quantitative estimate of drug-likeness (QED) is 0.894. The highest BCUT2D eigenvalue weighted by molar-refractivity contribution is 5.69. The normalized spacial score (nSPS) is 15.8. The molecular formula is C14H18F3NO2. The molecule has 20 heavy (non-hydrogen) atoms. The van der Waals surface area contributed by atoms with Crippen LogP contribution in [-0.4, -0.2) is 16.6 Å². The molecular weight excluding hydrogens is 271 g/mol. The molecule has 0 aliphatic heterocycles. The lowest BCUT2D eigenvalue weighted by Gasteiger charge is -2.41. The Morgan fingerprint density at radius 2 is 1.50 bits per heavy atom. The molecule has 0 amide bonds. The predicted molar refractivity (Wildman–Crippen MR) is 69.3 cm³/mol. The topological polar surface area (TPSA) is 63.3 Å². The van der Waals surface area contributed by atoms with Gasteiger partial charge in [-0.05, 0) is 31.5 Å². The number of hydrogen-bond acceptors (Lipinski definition) is 2. The number of benzene rings is 1. The van der Waals surface area contributed by atoms with Crippen molar-refractivity contribution in [2.24, 2.45) is 5.73 Å². The lowest BCUT2D eigenvalue weighted by atomic mass is 9.66. The standard InChI is InChI=1S/C14H18F3NO2/c1-12(2,18)13(3,8-11(19)20)9-4-6-10(7-5-9)14(15,16)17/h4-7H,8,18H2,1-3H3,(H,19,20). The molecule has 112 valence electrons. The Morgan fingerprint density at radius 1 is 1.10 bits per heavy atom. The third kappa shape index (κ3) is 3.30. The SMILES string of the molecule is CC(C)(N)C(C)(CC(=O)O)c1ccc(C(F)(F)F)cc1. The van der Waals surface area contributed by atoms with Crippen molar-refractivity contribution in [1.82, 2.24) is 0 Å². The molecule has 0 bridgehead atoms. The number of nitrogens with two attached hydrogens (primary N) is 1. The fraction of sp³-hybridized carbons (Fsp3) is 0.500. The molecule has 3 N–H and O–H groups in total. The Balaban J connectivity index is 3.26. The molecule has 0 spiro atoms. The summed E-state index contributed by atoms with van der Waals surface area (Å²) in [5, 5.41) is 9.02. The van der Waals surface area contributed by atoms with E-state index in [0.717, 1.165) is 12.1 Å². The molecule has 0 fully saturated rings. The minimum Gasteiger partial charge on any atom is -0.481 e. The van der Waals surface area contributed by atoms with Gasteiger partial charge in [0, 0.05) is 11.0 Å². The van der Waals surface area contributed by atoms with E-state index in [1.165, 1.54) is 12.1 Å². The van der Waals surface area contributed by atoms with Gasteiger partial charge >= 0.3 is 12.1 Å². The van der Waals surface area contributed by atoms with Crippen LogP contribution in [0.2, 0.25) is 0 Å². The van der Waals surface area contributed by atoms with E-state index in [1.807, 2.05) is 0 Å². The van der Waals surface area contributed by atoms with Crippen LogP contribution >= 0.6 is 0 Å². The van der Waals surface area contributed by atoms with Crippen LogP contribution < -0.4 is 5.73 Å². The summed E-state index contributed by atoms with van der Waals surface area (Å²) in [5.74, 6) is -1.05. The van der Waals surface area contributed by atoms with E-state index in [1.54, 1.807) is 20.8 Å². The Labute approximate surface area is 115 Å². The van der Waals surface area contributed by atoms with Gasteiger partial charge in [0.1, 0.15) is 0 Å². The summed E-state index contributed by atoms with van der Waals surface area (Å²) in [6, 6.07) is 4.48. The Morgan fingerprint density at radius 3 is 1.80 bits per heavy atom. The molecule has 0 saturated carbocycles. The Kier molecular flexibility index (Phi) is 4.20. The number of rotatable bonds is 4. The summed E-state index contributed by atoms with van der Waals surface area (Å²) < 4.78 is 37.6. The number of carboxylic acids is 1. The zero-order valence-corrected chi connectivity index (χ0v) is 11.6. The van der Waals surface area contributed by atoms with Gasteiger partial charge in [0.2, 0.25) is 0 Å². The molecule has 0 radical (unpaired) electrons. The fourth-order valence-electron chi connectivity index (χ4n) is 2.03. The maximum atomic E-state index is 12.5. The third-order valence-electron chi connectivity index (χ3n) is 3.78. The zero-order valence-electron chi connectivity index (χ0n) is 11.6. The van der Waals surface area contributed by atoms with Gasteiger partial charge in [-0.15, -0.1) is 0 Å².